The van der Waals surface area contributed by atoms with E-state index in [1.807, 2.05) is 0 Å². The van der Waals surface area contributed by atoms with Crippen molar-refractivity contribution in [1.82, 2.24) is 19.6 Å². The lowest BCUT2D eigenvalue weighted by molar-refractivity contribution is 0.0787. The molecule has 0 N–H and O–H groups in total. The molecule has 0 aromatic heterocycles. The first-order valence-electron chi connectivity index (χ1n) is 14.0. The third-order valence-corrected chi connectivity index (χ3v) is 7.70. The van der Waals surface area contributed by atoms with E-state index in [-0.39, 0.29) is 0 Å². The van der Waals surface area contributed by atoms with Crippen molar-refractivity contribution in [2.24, 2.45) is 9.98 Å². The first-order valence-corrected chi connectivity index (χ1v) is 14.0. The van der Waals surface area contributed by atoms with Crippen LogP contribution in [-0.2, 0) is 0 Å². The Balaban J connectivity index is 1.37. The summed E-state index contributed by atoms with van der Waals surface area (Å²) in [5.41, 5.74) is 0. The SMILES string of the molecule is CCCCCCCCCCCC(N1CCCN2CCCN=C21)N1CCCN2CCCN=C21. The van der Waals surface area contributed by atoms with Gasteiger partial charge in [0, 0.05) is 52.4 Å². The van der Waals surface area contributed by atoms with E-state index >= 15 is 0 Å². The standard InChI is InChI=1S/C26H48N6/c1-2-3-4-5-6-7-8-9-10-15-24(31-22-13-20-29-18-11-16-27-25(29)31)32-23-14-21-30-19-12-17-28-26(30)32/h24H,2-23H2,1H3. The number of unbranched alkanes of at least 4 members (excludes halogenated alkanes) is 8. The summed E-state index contributed by atoms with van der Waals surface area (Å²) >= 11 is 0. The molecule has 4 aliphatic heterocycles. The largest absolute Gasteiger partial charge is 0.343 e. The Hall–Kier alpha value is -1.46. The maximum absolute atomic E-state index is 5.03. The molecule has 0 atom stereocenters. The quantitative estimate of drug-likeness (QED) is 0.407. The lowest BCUT2D eigenvalue weighted by atomic mass is 10.0. The van der Waals surface area contributed by atoms with Crippen LogP contribution in [0.5, 0.6) is 0 Å². The van der Waals surface area contributed by atoms with Gasteiger partial charge in [-0.1, -0.05) is 58.3 Å². The number of nitrogens with zero attached hydrogens (tertiary/aromatic N) is 6. The number of guanidine groups is 2. The molecule has 4 heterocycles. The topological polar surface area (TPSA) is 37.7 Å². The van der Waals surface area contributed by atoms with Gasteiger partial charge in [0.1, 0.15) is 6.17 Å². The summed E-state index contributed by atoms with van der Waals surface area (Å²) in [6, 6.07) is 0. The lowest BCUT2D eigenvalue weighted by Crippen LogP contribution is -2.64. The number of hydrogen-bond acceptors (Lipinski definition) is 6. The van der Waals surface area contributed by atoms with E-state index in [2.05, 4.69) is 26.5 Å². The molecule has 2 saturated heterocycles. The monoisotopic (exact) mass is 444 g/mol. The zero-order valence-electron chi connectivity index (χ0n) is 20.8. The van der Waals surface area contributed by atoms with Crippen LogP contribution in [0.25, 0.3) is 0 Å². The highest BCUT2D eigenvalue weighted by atomic mass is 15.5. The Morgan fingerprint density at radius 3 is 1.59 bits per heavy atom. The van der Waals surface area contributed by atoms with Gasteiger partial charge in [-0.05, 0) is 38.5 Å². The maximum atomic E-state index is 5.03. The second kappa shape index (κ2) is 12.7. The predicted molar refractivity (Wildman–Crippen MR) is 135 cm³/mol. The molecular weight excluding hydrogens is 396 g/mol. The van der Waals surface area contributed by atoms with Gasteiger partial charge >= 0.3 is 0 Å². The fourth-order valence-corrected chi connectivity index (χ4v) is 6.00. The second-order valence-corrected chi connectivity index (χ2v) is 10.2. The van der Waals surface area contributed by atoms with Gasteiger partial charge in [0.25, 0.3) is 0 Å². The molecule has 0 bridgehead atoms. The van der Waals surface area contributed by atoms with E-state index in [0.717, 1.165) is 26.2 Å². The van der Waals surface area contributed by atoms with Crippen molar-refractivity contribution < 1.29 is 0 Å². The molecule has 4 rings (SSSR count). The van der Waals surface area contributed by atoms with Gasteiger partial charge in [-0.25, -0.2) is 0 Å². The molecule has 0 amide bonds. The highest BCUT2D eigenvalue weighted by Gasteiger charge is 2.37. The van der Waals surface area contributed by atoms with Crippen molar-refractivity contribution in [2.45, 2.75) is 103 Å². The summed E-state index contributed by atoms with van der Waals surface area (Å²) in [5.74, 6) is 2.58. The van der Waals surface area contributed by atoms with Crippen molar-refractivity contribution >= 4 is 11.9 Å². The van der Waals surface area contributed by atoms with Crippen LogP contribution in [0.2, 0.25) is 0 Å². The van der Waals surface area contributed by atoms with Crippen LogP contribution in [0.1, 0.15) is 96.8 Å². The predicted octanol–water partition coefficient (Wildman–Crippen LogP) is 4.77. The molecule has 0 aliphatic carbocycles. The molecule has 0 radical (unpaired) electrons. The van der Waals surface area contributed by atoms with Gasteiger partial charge in [-0.3, -0.25) is 9.98 Å². The van der Waals surface area contributed by atoms with Crippen molar-refractivity contribution in [3.63, 3.8) is 0 Å². The maximum Gasteiger partial charge on any atom is 0.198 e. The van der Waals surface area contributed by atoms with Crippen LogP contribution in [-0.4, -0.2) is 90.0 Å². The lowest BCUT2D eigenvalue weighted by Gasteiger charge is -2.51. The zero-order chi connectivity index (χ0) is 22.0. The molecule has 0 saturated carbocycles. The van der Waals surface area contributed by atoms with Crippen molar-refractivity contribution in [3.8, 4) is 0 Å². The highest BCUT2D eigenvalue weighted by Crippen LogP contribution is 2.26. The van der Waals surface area contributed by atoms with Gasteiger partial charge in [0.2, 0.25) is 0 Å². The summed E-state index contributed by atoms with van der Waals surface area (Å²) in [5, 5.41) is 0. The molecule has 182 valence electrons. The third kappa shape index (κ3) is 6.11. The molecule has 4 aliphatic rings. The Morgan fingerprint density at radius 1 is 0.594 bits per heavy atom. The van der Waals surface area contributed by atoms with Crippen LogP contribution in [0.15, 0.2) is 9.98 Å². The summed E-state index contributed by atoms with van der Waals surface area (Å²) in [4.78, 5) is 20.5. The van der Waals surface area contributed by atoms with Gasteiger partial charge < -0.3 is 19.6 Å². The second-order valence-electron chi connectivity index (χ2n) is 10.2. The Kier molecular flexibility index (Phi) is 9.40. The first kappa shape index (κ1) is 23.7. The van der Waals surface area contributed by atoms with Crippen LogP contribution in [0.3, 0.4) is 0 Å². The van der Waals surface area contributed by atoms with E-state index in [4.69, 9.17) is 9.98 Å². The Labute approximate surface area is 197 Å². The number of aliphatic imine (C=N–C) groups is 2. The Morgan fingerprint density at radius 2 is 1.06 bits per heavy atom. The molecule has 0 aromatic rings. The number of rotatable bonds is 12. The van der Waals surface area contributed by atoms with Crippen molar-refractivity contribution in [1.29, 1.82) is 0 Å². The summed E-state index contributed by atoms with van der Waals surface area (Å²) in [7, 11) is 0. The van der Waals surface area contributed by atoms with Gasteiger partial charge in [0.05, 0.1) is 0 Å². The van der Waals surface area contributed by atoms with E-state index in [1.165, 1.54) is 128 Å². The van der Waals surface area contributed by atoms with Crippen LogP contribution < -0.4 is 0 Å². The summed E-state index contributed by atoms with van der Waals surface area (Å²) < 4.78 is 0. The van der Waals surface area contributed by atoms with E-state index < -0.39 is 0 Å². The molecular formula is C26H48N6. The summed E-state index contributed by atoms with van der Waals surface area (Å²) in [6.45, 7) is 11.4. The van der Waals surface area contributed by atoms with Gasteiger partial charge in [-0.2, -0.15) is 0 Å². The molecule has 0 unspecified atom stereocenters. The van der Waals surface area contributed by atoms with Crippen LogP contribution in [0.4, 0.5) is 0 Å². The molecule has 0 spiro atoms. The number of fused-ring (bicyclic) bond motifs is 2. The van der Waals surface area contributed by atoms with Crippen molar-refractivity contribution in [2.75, 3.05) is 52.4 Å². The fraction of sp³-hybridized carbons (Fsp3) is 0.923. The average Bonchev–Trinajstić information content (AvgIpc) is 2.85. The minimum atomic E-state index is 0.429. The van der Waals surface area contributed by atoms with E-state index in [0.29, 0.717) is 6.17 Å². The fourth-order valence-electron chi connectivity index (χ4n) is 6.00. The zero-order valence-corrected chi connectivity index (χ0v) is 20.8. The number of hydrogen-bond donors (Lipinski definition) is 0. The van der Waals surface area contributed by atoms with Gasteiger partial charge in [0.15, 0.2) is 11.9 Å². The van der Waals surface area contributed by atoms with E-state index in [9.17, 15) is 0 Å². The summed E-state index contributed by atoms with van der Waals surface area (Å²) in [6.07, 6.45) is 19.2. The normalized spacial score (nSPS) is 21.4. The smallest absolute Gasteiger partial charge is 0.198 e. The minimum Gasteiger partial charge on any atom is -0.343 e. The molecule has 0 aromatic carbocycles. The molecule has 6 heteroatoms. The van der Waals surface area contributed by atoms with Gasteiger partial charge in [-0.15, -0.1) is 0 Å². The first-order chi connectivity index (χ1) is 15.9. The third-order valence-electron chi connectivity index (χ3n) is 7.70. The average molecular weight is 445 g/mol. The molecule has 2 fully saturated rings. The Bertz CT molecular complexity index is 575. The van der Waals surface area contributed by atoms with E-state index in [1.54, 1.807) is 0 Å². The van der Waals surface area contributed by atoms with Crippen LogP contribution >= 0.6 is 0 Å². The molecule has 32 heavy (non-hydrogen) atoms. The van der Waals surface area contributed by atoms with Crippen molar-refractivity contribution in [3.05, 3.63) is 0 Å². The minimum absolute atomic E-state index is 0.429. The highest BCUT2D eigenvalue weighted by molar-refractivity contribution is 5.84. The molecule has 6 nitrogen and oxygen atoms in total. The van der Waals surface area contributed by atoms with Crippen LogP contribution in [0, 0.1) is 0 Å².